The zero-order valence-corrected chi connectivity index (χ0v) is 18.4. The number of hydrogen-bond donors (Lipinski definition) is 0. The molecule has 0 bridgehead atoms. The van der Waals surface area contributed by atoms with Crippen molar-refractivity contribution < 1.29 is 23.9 Å². The number of nitrogens with zero attached hydrogens (tertiary/aromatic N) is 1. The lowest BCUT2D eigenvalue weighted by Crippen LogP contribution is -2.39. The quantitative estimate of drug-likeness (QED) is 0.359. The molecule has 1 aliphatic carbocycles. The highest BCUT2D eigenvalue weighted by molar-refractivity contribution is 6.32. The fraction of sp³-hybridized carbons (Fsp3) is 0.560. The van der Waals surface area contributed by atoms with Crippen molar-refractivity contribution in [1.29, 1.82) is 0 Å². The predicted octanol–water partition coefficient (Wildman–Crippen LogP) is 3.68. The molecule has 0 amide bonds. The Hall–Kier alpha value is -2.65. The average molecular weight is 426 g/mol. The maximum atomic E-state index is 13.3. The second-order valence-electron chi connectivity index (χ2n) is 8.06. The van der Waals surface area contributed by atoms with Crippen molar-refractivity contribution in [3.63, 3.8) is 0 Å². The van der Waals surface area contributed by atoms with Crippen molar-refractivity contribution in [2.75, 3.05) is 19.6 Å². The fourth-order valence-electron chi connectivity index (χ4n) is 4.35. The third-order valence-corrected chi connectivity index (χ3v) is 6.17. The summed E-state index contributed by atoms with van der Waals surface area (Å²) in [6, 6.07) is 7.37. The summed E-state index contributed by atoms with van der Waals surface area (Å²) < 4.78 is 10.7. The first-order valence-electron chi connectivity index (χ1n) is 11.3. The van der Waals surface area contributed by atoms with Crippen LogP contribution in [0.25, 0.3) is 0 Å². The van der Waals surface area contributed by atoms with Gasteiger partial charge in [0.1, 0.15) is 0 Å². The van der Waals surface area contributed by atoms with E-state index < -0.39 is 23.5 Å². The van der Waals surface area contributed by atoms with Crippen LogP contribution in [0.15, 0.2) is 24.3 Å². The third-order valence-electron chi connectivity index (χ3n) is 6.17. The normalized spacial score (nSPS) is 18.3. The van der Waals surface area contributed by atoms with Crippen LogP contribution in [0, 0.1) is 11.8 Å². The van der Waals surface area contributed by atoms with Crippen LogP contribution in [0.2, 0.25) is 0 Å². The Balaban J connectivity index is 1.83. The molecule has 2 aliphatic rings. The highest BCUT2D eigenvalue weighted by Gasteiger charge is 2.56. The maximum absolute atomic E-state index is 13.3. The summed E-state index contributed by atoms with van der Waals surface area (Å²) in [5.41, 5.74) is 1.40. The molecule has 1 saturated heterocycles. The first-order valence-corrected chi connectivity index (χ1v) is 11.3. The molecule has 6 nitrogen and oxygen atoms in total. The molecule has 1 aromatic rings. The minimum atomic E-state index is -2.00. The summed E-state index contributed by atoms with van der Waals surface area (Å²) in [6.07, 6.45) is 5.76. The minimum Gasteiger partial charge on any atom is -0.402 e. The Morgan fingerprint density at radius 1 is 1.03 bits per heavy atom. The van der Waals surface area contributed by atoms with Crippen LogP contribution in [0.5, 0.6) is 0 Å². The SMILES string of the molecule is CCN(CC)CC#CCCC(=O)C1(c2ccccc2C2CCCCC2)OC(=O)C(=O)O1. The van der Waals surface area contributed by atoms with Gasteiger partial charge in [0.05, 0.1) is 6.54 Å². The topological polar surface area (TPSA) is 72.9 Å². The van der Waals surface area contributed by atoms with Crippen LogP contribution in [-0.2, 0) is 29.6 Å². The second-order valence-corrected chi connectivity index (χ2v) is 8.06. The molecular formula is C25H31NO5. The van der Waals surface area contributed by atoms with E-state index in [0.717, 1.165) is 44.3 Å². The largest absolute Gasteiger partial charge is 0.421 e. The number of cyclic esters (lactones) is 2. The van der Waals surface area contributed by atoms with E-state index in [0.29, 0.717) is 18.5 Å². The monoisotopic (exact) mass is 425 g/mol. The second kappa shape index (κ2) is 10.6. The molecule has 0 N–H and O–H groups in total. The first-order chi connectivity index (χ1) is 15.0. The molecule has 0 spiro atoms. The summed E-state index contributed by atoms with van der Waals surface area (Å²) in [6.45, 7) is 6.62. The van der Waals surface area contributed by atoms with E-state index in [2.05, 4.69) is 30.6 Å². The van der Waals surface area contributed by atoms with Gasteiger partial charge in [0.15, 0.2) is 0 Å². The lowest BCUT2D eigenvalue weighted by atomic mass is 9.79. The summed E-state index contributed by atoms with van der Waals surface area (Å²) in [5.74, 6) is 1.64. The van der Waals surface area contributed by atoms with Crippen molar-refractivity contribution in [3.05, 3.63) is 35.4 Å². The molecule has 3 rings (SSSR count). The van der Waals surface area contributed by atoms with Gasteiger partial charge in [-0.1, -0.05) is 63.3 Å². The molecule has 0 aromatic heterocycles. The summed E-state index contributed by atoms with van der Waals surface area (Å²) in [5, 5.41) is 0. The molecule has 1 heterocycles. The van der Waals surface area contributed by atoms with Gasteiger partial charge < -0.3 is 9.47 Å². The number of carbonyl (C=O) groups excluding carboxylic acids is 3. The third kappa shape index (κ3) is 5.16. The summed E-state index contributed by atoms with van der Waals surface area (Å²) in [7, 11) is 0. The van der Waals surface area contributed by atoms with Gasteiger partial charge in [-0.25, -0.2) is 9.59 Å². The standard InChI is InChI=1S/C25H31NO5/c1-3-26(4-2)18-12-6-9-17-22(27)25(30-23(28)24(29)31-25)21-16-11-10-15-20(21)19-13-7-5-8-14-19/h10-11,15-16,19H,3-5,7-9,13-14,17-18H2,1-2H3. The van der Waals surface area contributed by atoms with Crippen molar-refractivity contribution in [2.24, 2.45) is 0 Å². The number of ether oxygens (including phenoxy) is 2. The molecule has 0 radical (unpaired) electrons. The van der Waals surface area contributed by atoms with Gasteiger partial charge in [-0.3, -0.25) is 9.69 Å². The Kier molecular flexibility index (Phi) is 7.86. The van der Waals surface area contributed by atoms with Crippen molar-refractivity contribution in [3.8, 4) is 11.8 Å². The van der Waals surface area contributed by atoms with Crippen molar-refractivity contribution in [1.82, 2.24) is 4.90 Å². The zero-order valence-electron chi connectivity index (χ0n) is 18.4. The van der Waals surface area contributed by atoms with Gasteiger partial charge in [0.25, 0.3) is 0 Å². The van der Waals surface area contributed by atoms with E-state index in [-0.39, 0.29) is 12.3 Å². The Bertz CT molecular complexity index is 855. The average Bonchev–Trinajstić information content (AvgIpc) is 3.12. The highest BCUT2D eigenvalue weighted by atomic mass is 16.8. The van der Waals surface area contributed by atoms with Crippen LogP contribution >= 0.6 is 0 Å². The molecule has 1 saturated carbocycles. The van der Waals surface area contributed by atoms with E-state index in [1.54, 1.807) is 12.1 Å². The fourth-order valence-corrected chi connectivity index (χ4v) is 4.35. The van der Waals surface area contributed by atoms with E-state index in [1.165, 1.54) is 6.42 Å². The molecule has 166 valence electrons. The number of carbonyl (C=O) groups is 3. The number of hydrogen-bond acceptors (Lipinski definition) is 6. The van der Waals surface area contributed by atoms with Crippen molar-refractivity contribution in [2.45, 2.75) is 70.5 Å². The zero-order chi connectivity index (χ0) is 22.3. The molecule has 2 fully saturated rings. The van der Waals surface area contributed by atoms with Gasteiger partial charge in [0, 0.05) is 18.4 Å². The molecule has 0 unspecified atom stereocenters. The predicted molar refractivity (Wildman–Crippen MR) is 116 cm³/mol. The van der Waals surface area contributed by atoms with E-state index in [4.69, 9.17) is 9.47 Å². The number of Topliss-reactive ketones (excluding diaryl/α,β-unsaturated/α-hetero) is 1. The van der Waals surface area contributed by atoms with Crippen LogP contribution in [0.3, 0.4) is 0 Å². The van der Waals surface area contributed by atoms with Crippen molar-refractivity contribution >= 4 is 17.7 Å². The van der Waals surface area contributed by atoms with Crippen LogP contribution in [0.4, 0.5) is 0 Å². The van der Waals surface area contributed by atoms with Crippen LogP contribution in [-0.4, -0.2) is 42.3 Å². The molecule has 1 aromatic carbocycles. The lowest BCUT2D eigenvalue weighted by Gasteiger charge is -2.30. The Morgan fingerprint density at radius 2 is 1.68 bits per heavy atom. The van der Waals surface area contributed by atoms with Gasteiger partial charge in [0.2, 0.25) is 5.78 Å². The molecule has 0 atom stereocenters. The van der Waals surface area contributed by atoms with E-state index >= 15 is 0 Å². The summed E-state index contributed by atoms with van der Waals surface area (Å²) in [4.78, 5) is 39.4. The van der Waals surface area contributed by atoms with E-state index in [9.17, 15) is 14.4 Å². The first kappa shape index (κ1) is 23.0. The lowest BCUT2D eigenvalue weighted by molar-refractivity contribution is -0.192. The minimum absolute atomic E-state index is 0.0326. The Labute approximate surface area is 184 Å². The van der Waals surface area contributed by atoms with Crippen LogP contribution in [0.1, 0.15) is 75.8 Å². The number of benzene rings is 1. The molecular weight excluding hydrogens is 394 g/mol. The number of ketones is 1. The smallest absolute Gasteiger partial charge is 0.402 e. The molecule has 31 heavy (non-hydrogen) atoms. The highest BCUT2D eigenvalue weighted by Crippen LogP contribution is 2.42. The van der Waals surface area contributed by atoms with Gasteiger partial charge in [-0.2, -0.15) is 0 Å². The molecule has 1 aliphatic heterocycles. The van der Waals surface area contributed by atoms with Crippen LogP contribution < -0.4 is 0 Å². The van der Waals surface area contributed by atoms with Gasteiger partial charge >= 0.3 is 17.7 Å². The molecule has 6 heteroatoms. The maximum Gasteiger partial charge on any atom is 0.421 e. The van der Waals surface area contributed by atoms with Gasteiger partial charge in [-0.15, -0.1) is 5.92 Å². The van der Waals surface area contributed by atoms with E-state index in [1.807, 2.05) is 12.1 Å². The Morgan fingerprint density at radius 3 is 2.32 bits per heavy atom. The number of esters is 2. The summed E-state index contributed by atoms with van der Waals surface area (Å²) >= 11 is 0. The number of rotatable bonds is 8. The van der Waals surface area contributed by atoms with Gasteiger partial charge in [-0.05, 0) is 37.4 Å².